The van der Waals surface area contributed by atoms with Crippen LogP contribution in [0.15, 0.2) is 24.3 Å². The molecule has 0 radical (unpaired) electrons. The molecule has 0 spiro atoms. The van der Waals surface area contributed by atoms with Crippen molar-refractivity contribution in [2.24, 2.45) is 0 Å². The number of nitrogens with zero attached hydrogens (tertiary/aromatic N) is 1. The van der Waals surface area contributed by atoms with Crippen LogP contribution in [0.4, 0.5) is 5.69 Å². The van der Waals surface area contributed by atoms with E-state index in [0.29, 0.717) is 18.4 Å². The molecule has 3 N–H and O–H groups in total. The monoisotopic (exact) mass is 384 g/mol. The summed E-state index contributed by atoms with van der Waals surface area (Å²) in [7, 11) is 0. The van der Waals surface area contributed by atoms with Gasteiger partial charge in [-0.1, -0.05) is 32.6 Å². The van der Waals surface area contributed by atoms with Crippen LogP contribution in [-0.2, 0) is 4.79 Å². The van der Waals surface area contributed by atoms with Gasteiger partial charge in [0.2, 0.25) is 5.91 Å². The SMILES string of the molecule is CCC(C)(C)NC(=O)c1ccc(NCC(=O)NC2(C#N)CCCCCC2)cc1. The minimum absolute atomic E-state index is 0.0951. The molecule has 0 atom stereocenters. The van der Waals surface area contributed by atoms with Crippen molar-refractivity contribution in [2.45, 2.75) is 76.8 Å². The summed E-state index contributed by atoms with van der Waals surface area (Å²) in [6.07, 6.45) is 6.46. The lowest BCUT2D eigenvalue weighted by Crippen LogP contribution is -2.48. The number of carbonyl (C=O) groups is 2. The van der Waals surface area contributed by atoms with Crippen LogP contribution < -0.4 is 16.0 Å². The van der Waals surface area contributed by atoms with E-state index in [0.717, 1.165) is 37.8 Å². The van der Waals surface area contributed by atoms with E-state index >= 15 is 0 Å². The van der Waals surface area contributed by atoms with Crippen LogP contribution in [0.1, 0.15) is 76.1 Å². The lowest BCUT2D eigenvalue weighted by atomic mass is 9.92. The number of rotatable bonds is 7. The standard InChI is InChI=1S/C22H32N4O2/c1-4-21(2,3)26-20(28)17-9-11-18(12-10-17)24-15-19(27)25-22(16-23)13-7-5-6-8-14-22/h9-12,24H,4-8,13-15H2,1-3H3,(H,25,27)(H,26,28). The molecule has 0 bridgehead atoms. The summed E-state index contributed by atoms with van der Waals surface area (Å²) < 4.78 is 0. The Morgan fingerprint density at radius 1 is 1.11 bits per heavy atom. The van der Waals surface area contributed by atoms with Crippen LogP contribution in [-0.4, -0.2) is 29.4 Å². The van der Waals surface area contributed by atoms with Gasteiger partial charge in [0, 0.05) is 16.8 Å². The topological polar surface area (TPSA) is 94.0 Å². The van der Waals surface area contributed by atoms with E-state index in [2.05, 4.69) is 22.0 Å². The van der Waals surface area contributed by atoms with Crippen molar-refractivity contribution in [3.8, 4) is 6.07 Å². The number of nitrogens with one attached hydrogen (secondary N) is 3. The van der Waals surface area contributed by atoms with Crippen LogP contribution >= 0.6 is 0 Å². The lowest BCUT2D eigenvalue weighted by molar-refractivity contribution is -0.120. The van der Waals surface area contributed by atoms with Crippen molar-refractivity contribution in [1.29, 1.82) is 5.26 Å². The molecule has 1 saturated carbocycles. The van der Waals surface area contributed by atoms with E-state index in [9.17, 15) is 14.9 Å². The van der Waals surface area contributed by atoms with E-state index < -0.39 is 5.54 Å². The van der Waals surface area contributed by atoms with E-state index in [4.69, 9.17) is 0 Å². The van der Waals surface area contributed by atoms with E-state index in [1.807, 2.05) is 20.8 Å². The molecule has 2 rings (SSSR count). The fraction of sp³-hybridized carbons (Fsp3) is 0.591. The first-order valence-corrected chi connectivity index (χ1v) is 10.2. The average molecular weight is 385 g/mol. The normalized spacial score (nSPS) is 16.4. The summed E-state index contributed by atoms with van der Waals surface area (Å²) in [4.78, 5) is 24.6. The highest BCUT2D eigenvalue weighted by Gasteiger charge is 2.32. The zero-order valence-electron chi connectivity index (χ0n) is 17.2. The first-order chi connectivity index (χ1) is 13.3. The third-order valence-corrected chi connectivity index (χ3v) is 5.49. The molecule has 6 nitrogen and oxygen atoms in total. The predicted octanol–water partition coefficient (Wildman–Crippen LogP) is 3.75. The third-order valence-electron chi connectivity index (χ3n) is 5.49. The Hall–Kier alpha value is -2.55. The van der Waals surface area contributed by atoms with Gasteiger partial charge >= 0.3 is 0 Å². The van der Waals surface area contributed by atoms with Gasteiger partial charge in [0.1, 0.15) is 5.54 Å². The highest BCUT2D eigenvalue weighted by atomic mass is 16.2. The third kappa shape index (κ3) is 6.26. The van der Waals surface area contributed by atoms with Gasteiger partial charge < -0.3 is 16.0 Å². The first-order valence-electron chi connectivity index (χ1n) is 10.2. The highest BCUT2D eigenvalue weighted by Crippen LogP contribution is 2.26. The maximum absolute atomic E-state index is 12.3. The maximum atomic E-state index is 12.3. The van der Waals surface area contributed by atoms with Gasteiger partial charge in [0.05, 0.1) is 12.6 Å². The Morgan fingerprint density at radius 2 is 1.71 bits per heavy atom. The molecule has 0 unspecified atom stereocenters. The molecule has 1 aliphatic rings. The average Bonchev–Trinajstić information content (AvgIpc) is 2.92. The van der Waals surface area contributed by atoms with Gasteiger partial charge in [0.25, 0.3) is 5.91 Å². The smallest absolute Gasteiger partial charge is 0.251 e. The quantitative estimate of drug-likeness (QED) is 0.624. The molecule has 1 aliphatic carbocycles. The molecule has 1 aromatic rings. The second-order valence-corrected chi connectivity index (χ2v) is 8.28. The molecule has 1 fully saturated rings. The van der Waals surface area contributed by atoms with Crippen molar-refractivity contribution >= 4 is 17.5 Å². The molecular weight excluding hydrogens is 352 g/mol. The van der Waals surface area contributed by atoms with Gasteiger partial charge in [-0.15, -0.1) is 0 Å². The summed E-state index contributed by atoms with van der Waals surface area (Å²) in [5, 5.41) is 18.5. The van der Waals surface area contributed by atoms with Gasteiger partial charge in [-0.25, -0.2) is 0 Å². The minimum Gasteiger partial charge on any atom is -0.376 e. The van der Waals surface area contributed by atoms with Crippen LogP contribution in [0.3, 0.4) is 0 Å². The number of anilines is 1. The van der Waals surface area contributed by atoms with Crippen molar-refractivity contribution < 1.29 is 9.59 Å². The van der Waals surface area contributed by atoms with Crippen molar-refractivity contribution in [3.63, 3.8) is 0 Å². The van der Waals surface area contributed by atoms with Gasteiger partial charge in [-0.05, 0) is 57.4 Å². The summed E-state index contributed by atoms with van der Waals surface area (Å²) in [6, 6.07) is 9.37. The Balaban J connectivity index is 1.88. The van der Waals surface area contributed by atoms with E-state index in [-0.39, 0.29) is 23.9 Å². The van der Waals surface area contributed by atoms with Gasteiger partial charge in [0.15, 0.2) is 0 Å². The van der Waals surface area contributed by atoms with E-state index in [1.54, 1.807) is 24.3 Å². The molecule has 0 heterocycles. The number of nitriles is 1. The molecule has 1 aromatic carbocycles. The second kappa shape index (κ2) is 9.59. The Bertz CT molecular complexity index is 711. The Labute approximate surface area is 168 Å². The first kappa shape index (κ1) is 21.7. The molecule has 2 amide bonds. The minimum atomic E-state index is -0.733. The summed E-state index contributed by atoms with van der Waals surface area (Å²) >= 11 is 0. The lowest BCUT2D eigenvalue weighted by Gasteiger charge is -2.26. The van der Waals surface area contributed by atoms with Crippen molar-refractivity contribution in [1.82, 2.24) is 10.6 Å². The molecule has 6 heteroatoms. The molecule has 152 valence electrons. The zero-order valence-corrected chi connectivity index (χ0v) is 17.2. The van der Waals surface area contributed by atoms with Crippen LogP contribution in [0.25, 0.3) is 0 Å². The summed E-state index contributed by atoms with van der Waals surface area (Å²) in [5.74, 6) is -0.296. The van der Waals surface area contributed by atoms with Crippen LogP contribution in [0.5, 0.6) is 0 Å². The Kier molecular flexibility index (Phi) is 7.45. The van der Waals surface area contributed by atoms with Gasteiger partial charge in [-0.3, -0.25) is 9.59 Å². The number of carbonyl (C=O) groups excluding carboxylic acids is 2. The summed E-state index contributed by atoms with van der Waals surface area (Å²) in [6.45, 7) is 6.10. The zero-order chi connectivity index (χ0) is 20.6. The highest BCUT2D eigenvalue weighted by molar-refractivity contribution is 5.95. The number of hydrogen-bond donors (Lipinski definition) is 3. The molecule has 0 aliphatic heterocycles. The fourth-order valence-electron chi connectivity index (χ4n) is 3.30. The molecule has 0 saturated heterocycles. The Morgan fingerprint density at radius 3 is 2.25 bits per heavy atom. The fourth-order valence-corrected chi connectivity index (χ4v) is 3.30. The van der Waals surface area contributed by atoms with Crippen LogP contribution in [0.2, 0.25) is 0 Å². The number of amides is 2. The summed E-state index contributed by atoms with van der Waals surface area (Å²) in [5.41, 5.74) is 0.358. The molecular formula is C22H32N4O2. The van der Waals surface area contributed by atoms with E-state index in [1.165, 1.54) is 0 Å². The molecule has 28 heavy (non-hydrogen) atoms. The number of hydrogen-bond acceptors (Lipinski definition) is 4. The van der Waals surface area contributed by atoms with Crippen LogP contribution in [0, 0.1) is 11.3 Å². The second-order valence-electron chi connectivity index (χ2n) is 8.28. The largest absolute Gasteiger partial charge is 0.376 e. The van der Waals surface area contributed by atoms with Gasteiger partial charge in [-0.2, -0.15) is 5.26 Å². The van der Waals surface area contributed by atoms with Crippen molar-refractivity contribution in [2.75, 3.05) is 11.9 Å². The maximum Gasteiger partial charge on any atom is 0.251 e. The number of benzene rings is 1. The van der Waals surface area contributed by atoms with Crippen molar-refractivity contribution in [3.05, 3.63) is 29.8 Å². The molecule has 0 aromatic heterocycles. The predicted molar refractivity (Wildman–Crippen MR) is 111 cm³/mol.